The SMILES string of the molecule is CCC(C)C1NC(=O)C2CC(C)CN2C(=O)C(CC(C)C)N(C)C(=O)C2CCCNN2C(=O)C2CCCNN2C(=O)C(C(C)C)OC1=O. The largest absolute Gasteiger partial charge is 0.450 e. The minimum absolute atomic E-state index is 0.0111. The molecule has 0 aromatic rings. The molecule has 4 fully saturated rings. The molecule has 14 nitrogen and oxygen atoms in total. The maximum Gasteiger partial charge on any atom is 0.329 e. The molecule has 5 amide bonds. The highest BCUT2D eigenvalue weighted by Crippen LogP contribution is 2.29. The molecule has 4 saturated heterocycles. The summed E-state index contributed by atoms with van der Waals surface area (Å²) < 4.78 is 5.92. The molecule has 0 saturated carbocycles. The summed E-state index contributed by atoms with van der Waals surface area (Å²) >= 11 is 0. The molecule has 4 rings (SSSR count). The number of fused-ring (bicyclic) bond motifs is 3. The van der Waals surface area contributed by atoms with Crippen LogP contribution in [0.25, 0.3) is 0 Å². The van der Waals surface area contributed by atoms with Crippen LogP contribution in [0.5, 0.6) is 0 Å². The van der Waals surface area contributed by atoms with E-state index in [9.17, 15) is 28.8 Å². The van der Waals surface area contributed by atoms with Crippen LogP contribution in [0.15, 0.2) is 0 Å². The first kappa shape index (κ1) is 37.6. The standard InChI is InChI=1S/C34H57N7O7/c1-9-22(7)27-34(47)48-28(20(4)5)33(46)41-24(13-11-15-36-41)32(45)40-23(12-10-14-35-40)30(43)38(8)26(16-19(2)3)31(44)39-18-21(6)17-25(39)29(42)37-27/h19-28,35-36H,9-18H2,1-8H3,(H,37,42). The first-order valence-corrected chi connectivity index (χ1v) is 17.9. The number of amides is 5. The van der Waals surface area contributed by atoms with Crippen molar-refractivity contribution in [3.63, 3.8) is 0 Å². The molecule has 14 heteroatoms. The smallest absolute Gasteiger partial charge is 0.329 e. The van der Waals surface area contributed by atoms with Gasteiger partial charge in [0.1, 0.15) is 30.2 Å². The first-order chi connectivity index (χ1) is 22.7. The van der Waals surface area contributed by atoms with Crippen LogP contribution in [0.4, 0.5) is 0 Å². The number of nitrogens with one attached hydrogen (secondary N) is 3. The average molecular weight is 676 g/mol. The van der Waals surface area contributed by atoms with Crippen molar-refractivity contribution < 1.29 is 33.5 Å². The monoisotopic (exact) mass is 675 g/mol. The van der Waals surface area contributed by atoms with Gasteiger partial charge in [-0.3, -0.25) is 34.0 Å². The number of likely N-dealkylation sites (N-methyl/N-ethyl adjacent to an activating group) is 1. The fourth-order valence-electron chi connectivity index (χ4n) is 7.27. The maximum atomic E-state index is 14.4. The third-order valence-electron chi connectivity index (χ3n) is 10.3. The molecule has 0 spiro atoms. The first-order valence-electron chi connectivity index (χ1n) is 17.9. The van der Waals surface area contributed by atoms with Gasteiger partial charge in [0, 0.05) is 26.7 Å². The van der Waals surface area contributed by atoms with Gasteiger partial charge >= 0.3 is 5.97 Å². The van der Waals surface area contributed by atoms with Crippen molar-refractivity contribution in [2.75, 3.05) is 26.7 Å². The molecule has 8 atom stereocenters. The van der Waals surface area contributed by atoms with Crippen molar-refractivity contribution in [3.8, 4) is 0 Å². The van der Waals surface area contributed by atoms with Crippen LogP contribution < -0.4 is 16.2 Å². The van der Waals surface area contributed by atoms with Crippen LogP contribution >= 0.6 is 0 Å². The summed E-state index contributed by atoms with van der Waals surface area (Å²) in [6.45, 7) is 14.4. The van der Waals surface area contributed by atoms with Crippen molar-refractivity contribution in [1.29, 1.82) is 0 Å². The summed E-state index contributed by atoms with van der Waals surface area (Å²) in [4.78, 5) is 88.0. The van der Waals surface area contributed by atoms with E-state index in [0.29, 0.717) is 64.6 Å². The zero-order chi connectivity index (χ0) is 35.4. The van der Waals surface area contributed by atoms with Gasteiger partial charge in [0.2, 0.25) is 17.7 Å². The Hall–Kier alpha value is -3.26. The van der Waals surface area contributed by atoms with Crippen LogP contribution in [0.3, 0.4) is 0 Å². The van der Waals surface area contributed by atoms with Gasteiger partial charge in [-0.1, -0.05) is 54.9 Å². The van der Waals surface area contributed by atoms with Gasteiger partial charge in [0.15, 0.2) is 6.10 Å². The van der Waals surface area contributed by atoms with E-state index >= 15 is 0 Å². The second-order valence-electron chi connectivity index (χ2n) is 15.0. The molecule has 270 valence electrons. The van der Waals surface area contributed by atoms with Crippen LogP contribution in [-0.2, 0) is 33.5 Å². The number of hydrogen-bond acceptors (Lipinski definition) is 9. The molecule has 0 aliphatic carbocycles. The summed E-state index contributed by atoms with van der Waals surface area (Å²) in [7, 11) is 1.59. The van der Waals surface area contributed by atoms with E-state index in [1.54, 1.807) is 25.8 Å². The van der Waals surface area contributed by atoms with Crippen molar-refractivity contribution >= 4 is 35.5 Å². The lowest BCUT2D eigenvalue weighted by Crippen LogP contribution is -2.68. The molecule has 0 bridgehead atoms. The number of carbonyl (C=O) groups excluding carboxylic acids is 6. The Morgan fingerprint density at radius 1 is 0.812 bits per heavy atom. The zero-order valence-electron chi connectivity index (χ0n) is 30.0. The minimum atomic E-state index is -1.24. The van der Waals surface area contributed by atoms with Gasteiger partial charge in [0.25, 0.3) is 11.8 Å². The molecule has 48 heavy (non-hydrogen) atoms. The Morgan fingerprint density at radius 3 is 1.96 bits per heavy atom. The molecular weight excluding hydrogens is 618 g/mol. The average Bonchev–Trinajstić information content (AvgIpc) is 3.47. The Balaban J connectivity index is 1.82. The van der Waals surface area contributed by atoms with Crippen LogP contribution in [0.2, 0.25) is 0 Å². The number of nitrogens with zero attached hydrogens (tertiary/aromatic N) is 4. The highest BCUT2D eigenvalue weighted by atomic mass is 16.6. The number of carbonyl (C=O) groups is 6. The molecule has 4 aliphatic rings. The molecule has 4 heterocycles. The number of ether oxygens (including phenoxy) is 1. The summed E-state index contributed by atoms with van der Waals surface area (Å²) in [5.41, 5.74) is 6.16. The van der Waals surface area contributed by atoms with Crippen molar-refractivity contribution in [2.45, 2.75) is 130 Å². The molecular formula is C34H57N7O7. The van der Waals surface area contributed by atoms with Gasteiger partial charge < -0.3 is 19.9 Å². The van der Waals surface area contributed by atoms with Gasteiger partial charge in [-0.15, -0.1) is 0 Å². The van der Waals surface area contributed by atoms with E-state index < -0.39 is 65.9 Å². The molecule has 8 unspecified atom stereocenters. The van der Waals surface area contributed by atoms with Crippen LogP contribution in [0, 0.1) is 23.7 Å². The number of cyclic esters (lactones) is 1. The number of hydrazine groups is 2. The summed E-state index contributed by atoms with van der Waals surface area (Å²) in [6.07, 6.45) is 2.05. The van der Waals surface area contributed by atoms with E-state index in [2.05, 4.69) is 16.2 Å². The Labute approximate surface area is 284 Å². The van der Waals surface area contributed by atoms with Crippen molar-refractivity contribution in [1.82, 2.24) is 36.0 Å². The van der Waals surface area contributed by atoms with Crippen molar-refractivity contribution in [3.05, 3.63) is 0 Å². The van der Waals surface area contributed by atoms with Gasteiger partial charge in [-0.05, 0) is 62.2 Å². The fraction of sp³-hybridized carbons (Fsp3) is 0.824. The number of rotatable bonds is 5. The maximum absolute atomic E-state index is 14.4. The molecule has 0 radical (unpaired) electrons. The van der Waals surface area contributed by atoms with E-state index in [0.717, 1.165) is 0 Å². The third kappa shape index (κ3) is 7.96. The van der Waals surface area contributed by atoms with Gasteiger partial charge in [-0.2, -0.15) is 0 Å². The third-order valence-corrected chi connectivity index (χ3v) is 10.3. The van der Waals surface area contributed by atoms with E-state index in [4.69, 9.17) is 4.74 Å². The lowest BCUT2D eigenvalue weighted by atomic mass is 9.97. The molecule has 3 N–H and O–H groups in total. The van der Waals surface area contributed by atoms with Gasteiger partial charge in [-0.25, -0.2) is 15.6 Å². The summed E-state index contributed by atoms with van der Waals surface area (Å²) in [5.74, 6) is -3.65. The summed E-state index contributed by atoms with van der Waals surface area (Å²) in [6, 6.07) is -4.64. The molecule has 4 aliphatic heterocycles. The van der Waals surface area contributed by atoms with E-state index in [-0.39, 0.29) is 29.6 Å². The van der Waals surface area contributed by atoms with E-state index in [1.165, 1.54) is 14.9 Å². The van der Waals surface area contributed by atoms with Crippen molar-refractivity contribution in [2.24, 2.45) is 23.7 Å². The van der Waals surface area contributed by atoms with Crippen LogP contribution in [0.1, 0.15) is 93.4 Å². The Bertz CT molecular complexity index is 1230. The predicted molar refractivity (Wildman–Crippen MR) is 177 cm³/mol. The zero-order valence-corrected chi connectivity index (χ0v) is 30.0. The number of esters is 1. The quantitative estimate of drug-likeness (QED) is 0.364. The number of hydrogen-bond donors (Lipinski definition) is 3. The summed E-state index contributed by atoms with van der Waals surface area (Å²) in [5, 5.41) is 5.48. The lowest BCUT2D eigenvalue weighted by Gasteiger charge is -2.44. The topological polar surface area (TPSA) is 161 Å². The molecule has 0 aromatic heterocycles. The fourth-order valence-corrected chi connectivity index (χ4v) is 7.27. The highest BCUT2D eigenvalue weighted by molar-refractivity contribution is 5.97. The lowest BCUT2D eigenvalue weighted by molar-refractivity contribution is -0.174. The minimum Gasteiger partial charge on any atom is -0.450 e. The van der Waals surface area contributed by atoms with E-state index in [1.807, 2.05) is 34.6 Å². The highest BCUT2D eigenvalue weighted by Gasteiger charge is 2.48. The Morgan fingerprint density at radius 2 is 1.40 bits per heavy atom. The Kier molecular flexibility index (Phi) is 12.5. The predicted octanol–water partition coefficient (Wildman–Crippen LogP) is 1.20. The second-order valence-corrected chi connectivity index (χ2v) is 15.0. The van der Waals surface area contributed by atoms with Crippen LogP contribution in [-0.4, -0.2) is 118 Å². The second kappa shape index (κ2) is 16.0. The van der Waals surface area contributed by atoms with Gasteiger partial charge in [0.05, 0.1) is 0 Å². The molecule has 0 aromatic carbocycles. The normalized spacial score (nSPS) is 32.4.